The van der Waals surface area contributed by atoms with Crippen molar-refractivity contribution in [2.45, 2.75) is 13.5 Å². The number of ether oxygens (including phenoxy) is 1. The third-order valence-electron chi connectivity index (χ3n) is 2.56. The highest BCUT2D eigenvalue weighted by molar-refractivity contribution is 5.40. The molecule has 90 valence electrons. The first-order valence-corrected chi connectivity index (χ1v) is 5.16. The van der Waals surface area contributed by atoms with Gasteiger partial charge in [-0.2, -0.15) is 5.10 Å². The van der Waals surface area contributed by atoms with Gasteiger partial charge in [0.05, 0.1) is 30.7 Å². The van der Waals surface area contributed by atoms with Crippen molar-refractivity contribution in [2.24, 2.45) is 0 Å². The second-order valence-electron chi connectivity index (χ2n) is 3.62. The van der Waals surface area contributed by atoms with Gasteiger partial charge in [-0.25, -0.2) is 9.07 Å². The van der Waals surface area contributed by atoms with Crippen molar-refractivity contribution in [3.63, 3.8) is 0 Å². The van der Waals surface area contributed by atoms with Crippen molar-refractivity contribution in [3.05, 3.63) is 41.3 Å². The normalized spacial score (nSPS) is 10.6. The topological polar surface area (TPSA) is 47.3 Å². The standard InChI is InChI=1S/C12H13FN2O2/c1-8-11(7-16)12(17-2)15(14-8)10-5-3-9(13)4-6-10/h3-6,16H,7H2,1-2H3. The Morgan fingerprint density at radius 3 is 2.53 bits per heavy atom. The van der Waals surface area contributed by atoms with Gasteiger partial charge in [-0.1, -0.05) is 0 Å². The Morgan fingerprint density at radius 1 is 1.35 bits per heavy atom. The highest BCUT2D eigenvalue weighted by atomic mass is 19.1. The van der Waals surface area contributed by atoms with Crippen LogP contribution in [-0.4, -0.2) is 22.0 Å². The summed E-state index contributed by atoms with van der Waals surface area (Å²) in [4.78, 5) is 0. The third kappa shape index (κ3) is 2.01. The van der Waals surface area contributed by atoms with E-state index in [2.05, 4.69) is 5.10 Å². The number of halogens is 1. The molecule has 0 fully saturated rings. The zero-order valence-electron chi connectivity index (χ0n) is 9.64. The van der Waals surface area contributed by atoms with Gasteiger partial charge in [-0.3, -0.25) is 0 Å². The van der Waals surface area contributed by atoms with E-state index in [-0.39, 0.29) is 12.4 Å². The van der Waals surface area contributed by atoms with E-state index in [4.69, 9.17) is 4.74 Å². The number of hydrogen-bond donors (Lipinski definition) is 1. The van der Waals surface area contributed by atoms with Crippen LogP contribution in [0.2, 0.25) is 0 Å². The van der Waals surface area contributed by atoms with Crippen LogP contribution in [0.1, 0.15) is 11.3 Å². The summed E-state index contributed by atoms with van der Waals surface area (Å²) in [6, 6.07) is 5.91. The Bertz CT molecular complexity index is 520. The van der Waals surface area contributed by atoms with Crippen molar-refractivity contribution in [1.29, 1.82) is 0 Å². The largest absolute Gasteiger partial charge is 0.481 e. The number of aliphatic hydroxyl groups excluding tert-OH is 1. The van der Waals surface area contributed by atoms with Crippen molar-refractivity contribution in [1.82, 2.24) is 9.78 Å². The van der Waals surface area contributed by atoms with Crippen LogP contribution in [0, 0.1) is 12.7 Å². The second-order valence-corrected chi connectivity index (χ2v) is 3.62. The summed E-state index contributed by atoms with van der Waals surface area (Å²) in [7, 11) is 1.51. The molecule has 0 unspecified atom stereocenters. The summed E-state index contributed by atoms with van der Waals surface area (Å²) < 4.78 is 19.6. The molecular formula is C12H13FN2O2. The predicted octanol–water partition coefficient (Wildman–Crippen LogP) is 1.82. The molecule has 4 nitrogen and oxygen atoms in total. The van der Waals surface area contributed by atoms with Gasteiger partial charge >= 0.3 is 0 Å². The third-order valence-corrected chi connectivity index (χ3v) is 2.56. The minimum absolute atomic E-state index is 0.143. The lowest BCUT2D eigenvalue weighted by Crippen LogP contribution is -2.00. The average molecular weight is 236 g/mol. The first kappa shape index (κ1) is 11.6. The zero-order valence-corrected chi connectivity index (χ0v) is 9.64. The quantitative estimate of drug-likeness (QED) is 0.884. The van der Waals surface area contributed by atoms with Crippen molar-refractivity contribution in [3.8, 4) is 11.6 Å². The molecule has 0 aliphatic rings. The van der Waals surface area contributed by atoms with E-state index >= 15 is 0 Å². The summed E-state index contributed by atoms with van der Waals surface area (Å²) in [5, 5.41) is 13.5. The molecule has 1 aromatic heterocycles. The Balaban J connectivity index is 2.55. The fourth-order valence-corrected chi connectivity index (χ4v) is 1.69. The lowest BCUT2D eigenvalue weighted by molar-refractivity contribution is 0.271. The lowest BCUT2D eigenvalue weighted by Gasteiger charge is -2.06. The number of aromatic nitrogens is 2. The minimum atomic E-state index is -0.307. The van der Waals surface area contributed by atoms with Crippen molar-refractivity contribution < 1.29 is 14.2 Å². The summed E-state index contributed by atoms with van der Waals surface area (Å²) >= 11 is 0. The van der Waals surface area contributed by atoms with Gasteiger partial charge in [0.2, 0.25) is 5.88 Å². The molecule has 2 rings (SSSR count). The Morgan fingerprint density at radius 2 is 2.00 bits per heavy atom. The molecule has 0 atom stereocenters. The molecule has 0 aliphatic heterocycles. The average Bonchev–Trinajstić information content (AvgIpc) is 2.66. The Kier molecular flexibility index (Phi) is 3.10. The summed E-state index contributed by atoms with van der Waals surface area (Å²) in [5.41, 5.74) is 2.01. The molecule has 1 aromatic carbocycles. The van der Waals surface area contributed by atoms with Gasteiger partial charge in [-0.05, 0) is 31.2 Å². The maximum atomic E-state index is 12.8. The molecule has 0 saturated carbocycles. The summed E-state index contributed by atoms with van der Waals surface area (Å²) in [6.45, 7) is 1.64. The fourth-order valence-electron chi connectivity index (χ4n) is 1.69. The highest BCUT2D eigenvalue weighted by Crippen LogP contribution is 2.25. The Hall–Kier alpha value is -1.88. The van der Waals surface area contributed by atoms with Crippen LogP contribution < -0.4 is 4.74 Å². The first-order valence-electron chi connectivity index (χ1n) is 5.16. The van der Waals surface area contributed by atoms with E-state index in [9.17, 15) is 9.50 Å². The molecule has 2 aromatic rings. The van der Waals surface area contributed by atoms with E-state index in [1.54, 1.807) is 23.7 Å². The van der Waals surface area contributed by atoms with Gasteiger partial charge in [0, 0.05) is 0 Å². The summed E-state index contributed by atoms with van der Waals surface area (Å²) in [5.74, 6) is 0.163. The SMILES string of the molecule is COc1c(CO)c(C)nn1-c1ccc(F)cc1. The van der Waals surface area contributed by atoms with E-state index in [1.807, 2.05) is 0 Å². The van der Waals surface area contributed by atoms with Gasteiger partial charge in [0.25, 0.3) is 0 Å². The van der Waals surface area contributed by atoms with Gasteiger partial charge < -0.3 is 9.84 Å². The fraction of sp³-hybridized carbons (Fsp3) is 0.250. The number of aryl methyl sites for hydroxylation is 1. The molecule has 0 bridgehead atoms. The van der Waals surface area contributed by atoms with Gasteiger partial charge in [0.15, 0.2) is 0 Å². The van der Waals surface area contributed by atoms with Crippen LogP contribution in [0.3, 0.4) is 0 Å². The number of hydrogen-bond acceptors (Lipinski definition) is 3. The predicted molar refractivity (Wildman–Crippen MR) is 60.7 cm³/mol. The molecular weight excluding hydrogens is 223 g/mol. The van der Waals surface area contributed by atoms with E-state index in [1.165, 1.54) is 19.2 Å². The van der Waals surface area contributed by atoms with Crippen LogP contribution in [0.5, 0.6) is 5.88 Å². The number of aliphatic hydroxyl groups is 1. The van der Waals surface area contributed by atoms with Crippen molar-refractivity contribution in [2.75, 3.05) is 7.11 Å². The highest BCUT2D eigenvalue weighted by Gasteiger charge is 2.16. The van der Waals surface area contributed by atoms with E-state index < -0.39 is 0 Å². The molecule has 1 heterocycles. The van der Waals surface area contributed by atoms with Gasteiger partial charge in [-0.15, -0.1) is 0 Å². The molecule has 0 amide bonds. The maximum absolute atomic E-state index is 12.8. The maximum Gasteiger partial charge on any atom is 0.222 e. The monoisotopic (exact) mass is 236 g/mol. The van der Waals surface area contributed by atoms with Crippen LogP contribution in [-0.2, 0) is 6.61 Å². The lowest BCUT2D eigenvalue weighted by atomic mass is 10.2. The van der Waals surface area contributed by atoms with Crippen LogP contribution in [0.15, 0.2) is 24.3 Å². The molecule has 0 saturated heterocycles. The van der Waals surface area contributed by atoms with Crippen LogP contribution in [0.25, 0.3) is 5.69 Å². The number of rotatable bonds is 3. The summed E-state index contributed by atoms with van der Waals surface area (Å²) in [6.07, 6.45) is 0. The Labute approximate surface area is 98.3 Å². The van der Waals surface area contributed by atoms with Gasteiger partial charge in [0.1, 0.15) is 5.82 Å². The second kappa shape index (κ2) is 4.55. The molecule has 1 N–H and O–H groups in total. The zero-order chi connectivity index (χ0) is 12.4. The number of methoxy groups -OCH3 is 1. The van der Waals surface area contributed by atoms with Crippen LogP contribution in [0.4, 0.5) is 4.39 Å². The minimum Gasteiger partial charge on any atom is -0.481 e. The number of benzene rings is 1. The number of nitrogens with zero attached hydrogens (tertiary/aromatic N) is 2. The molecule has 5 heteroatoms. The molecule has 0 radical (unpaired) electrons. The smallest absolute Gasteiger partial charge is 0.222 e. The van der Waals surface area contributed by atoms with E-state index in [0.717, 1.165) is 0 Å². The van der Waals surface area contributed by atoms with Crippen molar-refractivity contribution >= 4 is 0 Å². The first-order chi connectivity index (χ1) is 8.17. The molecule has 0 spiro atoms. The van der Waals surface area contributed by atoms with Crippen LogP contribution >= 0.6 is 0 Å². The van der Waals surface area contributed by atoms with E-state index in [0.29, 0.717) is 22.8 Å². The molecule has 0 aliphatic carbocycles. The molecule has 17 heavy (non-hydrogen) atoms.